The molecule has 1 aromatic heterocycles. The largest absolute Gasteiger partial charge is 0.481 e. The minimum absolute atomic E-state index is 0.00667. The molecule has 7 nitrogen and oxygen atoms in total. The third-order valence-corrected chi connectivity index (χ3v) is 1.90. The second kappa shape index (κ2) is 5.24. The van der Waals surface area contributed by atoms with E-state index in [2.05, 4.69) is 20.0 Å². The molecular weight excluding hydrogens is 214 g/mol. The first-order valence-corrected chi connectivity index (χ1v) is 4.82. The molecule has 1 rings (SSSR count). The third kappa shape index (κ3) is 3.68. The number of carboxylic acids is 1. The second-order valence-electron chi connectivity index (χ2n) is 3.44. The highest BCUT2D eigenvalue weighted by molar-refractivity contribution is 5.90. The van der Waals surface area contributed by atoms with Gasteiger partial charge in [0.2, 0.25) is 5.89 Å². The zero-order valence-electron chi connectivity index (χ0n) is 9.06. The molecule has 16 heavy (non-hydrogen) atoms. The molecule has 0 saturated heterocycles. The van der Waals surface area contributed by atoms with Crippen molar-refractivity contribution in [3.05, 3.63) is 11.7 Å². The van der Waals surface area contributed by atoms with Crippen molar-refractivity contribution in [2.75, 3.05) is 0 Å². The van der Waals surface area contributed by atoms with Gasteiger partial charge in [-0.3, -0.25) is 9.59 Å². The summed E-state index contributed by atoms with van der Waals surface area (Å²) in [6.45, 7) is 3.30. The van der Waals surface area contributed by atoms with Crippen LogP contribution < -0.4 is 5.32 Å². The second-order valence-corrected chi connectivity index (χ2v) is 3.44. The first-order chi connectivity index (χ1) is 7.49. The predicted molar refractivity (Wildman–Crippen MR) is 52.8 cm³/mol. The van der Waals surface area contributed by atoms with Gasteiger partial charge in [0.25, 0.3) is 11.7 Å². The van der Waals surface area contributed by atoms with Crippen LogP contribution in [-0.2, 0) is 4.79 Å². The molecule has 2 N–H and O–H groups in total. The Balaban J connectivity index is 2.42. The Labute approximate surface area is 91.8 Å². The van der Waals surface area contributed by atoms with E-state index in [9.17, 15) is 9.59 Å². The summed E-state index contributed by atoms with van der Waals surface area (Å²) < 4.78 is 4.65. The number of rotatable bonds is 5. The highest BCUT2D eigenvalue weighted by Gasteiger charge is 2.15. The molecular formula is C9H13N3O4. The standard InChI is InChI=1S/C9H13N3O4/c1-5(3-4-7(13)14)10-9(15)8-11-6(2)16-12-8/h5H,3-4H2,1-2H3,(H,10,15)(H,13,14). The highest BCUT2D eigenvalue weighted by Crippen LogP contribution is 1.99. The summed E-state index contributed by atoms with van der Waals surface area (Å²) in [6, 6.07) is -0.248. The Morgan fingerprint density at radius 2 is 2.25 bits per heavy atom. The van der Waals surface area contributed by atoms with E-state index in [1.54, 1.807) is 13.8 Å². The van der Waals surface area contributed by atoms with Crippen molar-refractivity contribution in [3.63, 3.8) is 0 Å². The molecule has 0 fully saturated rings. The predicted octanol–water partition coefficient (Wildman–Crippen LogP) is 0.361. The minimum Gasteiger partial charge on any atom is -0.481 e. The quantitative estimate of drug-likeness (QED) is 0.752. The molecule has 0 spiro atoms. The molecule has 7 heteroatoms. The van der Waals surface area contributed by atoms with Gasteiger partial charge in [0.15, 0.2) is 0 Å². The van der Waals surface area contributed by atoms with Crippen molar-refractivity contribution in [2.45, 2.75) is 32.7 Å². The number of nitrogens with one attached hydrogen (secondary N) is 1. The van der Waals surface area contributed by atoms with Crippen molar-refractivity contribution in [1.82, 2.24) is 15.5 Å². The minimum atomic E-state index is -0.892. The van der Waals surface area contributed by atoms with Gasteiger partial charge >= 0.3 is 5.97 Å². The zero-order valence-corrected chi connectivity index (χ0v) is 9.06. The summed E-state index contributed by atoms with van der Waals surface area (Å²) in [5, 5.41) is 14.5. The lowest BCUT2D eigenvalue weighted by molar-refractivity contribution is -0.137. The molecule has 0 radical (unpaired) electrons. The van der Waals surface area contributed by atoms with Crippen LogP contribution in [0.3, 0.4) is 0 Å². The number of carbonyl (C=O) groups excluding carboxylic acids is 1. The maximum absolute atomic E-state index is 11.5. The Kier molecular flexibility index (Phi) is 3.98. The molecule has 0 saturated carbocycles. The Morgan fingerprint density at radius 1 is 1.56 bits per heavy atom. The van der Waals surface area contributed by atoms with E-state index in [0.717, 1.165) is 0 Å². The maximum Gasteiger partial charge on any atom is 0.303 e. The molecule has 1 atom stereocenters. The summed E-state index contributed by atoms with van der Waals surface area (Å²) in [5.74, 6) is -1.09. The summed E-state index contributed by atoms with van der Waals surface area (Å²) >= 11 is 0. The van der Waals surface area contributed by atoms with E-state index in [-0.39, 0.29) is 18.3 Å². The highest BCUT2D eigenvalue weighted by atomic mass is 16.5. The fourth-order valence-electron chi connectivity index (χ4n) is 1.09. The van der Waals surface area contributed by atoms with Crippen molar-refractivity contribution in [3.8, 4) is 0 Å². The Hall–Kier alpha value is -1.92. The number of aliphatic carboxylic acids is 1. The van der Waals surface area contributed by atoms with Gasteiger partial charge in [-0.1, -0.05) is 5.16 Å². The average Bonchev–Trinajstić information content (AvgIpc) is 2.62. The number of nitrogens with zero attached hydrogens (tertiary/aromatic N) is 2. The van der Waals surface area contributed by atoms with Crippen LogP contribution in [0.15, 0.2) is 4.52 Å². The number of carbonyl (C=O) groups is 2. The number of hydrogen-bond donors (Lipinski definition) is 2. The van der Waals surface area contributed by atoms with E-state index in [4.69, 9.17) is 5.11 Å². The fraction of sp³-hybridized carbons (Fsp3) is 0.556. The molecule has 0 aliphatic heterocycles. The Morgan fingerprint density at radius 3 is 2.75 bits per heavy atom. The number of aromatic nitrogens is 2. The molecule has 1 aromatic rings. The molecule has 1 amide bonds. The summed E-state index contributed by atoms with van der Waals surface area (Å²) in [5.41, 5.74) is 0. The van der Waals surface area contributed by atoms with Crippen molar-refractivity contribution >= 4 is 11.9 Å². The van der Waals surface area contributed by atoms with Crippen molar-refractivity contribution in [1.29, 1.82) is 0 Å². The number of hydrogen-bond acceptors (Lipinski definition) is 5. The first kappa shape index (κ1) is 12.2. The van der Waals surface area contributed by atoms with Gasteiger partial charge in [-0.05, 0) is 13.3 Å². The van der Waals surface area contributed by atoms with Crippen LogP contribution in [0.2, 0.25) is 0 Å². The van der Waals surface area contributed by atoms with Crippen LogP contribution in [0, 0.1) is 6.92 Å². The summed E-state index contributed by atoms with van der Waals surface area (Å²) in [4.78, 5) is 25.5. The van der Waals surface area contributed by atoms with Crippen molar-refractivity contribution in [2.24, 2.45) is 0 Å². The molecule has 1 heterocycles. The monoisotopic (exact) mass is 227 g/mol. The number of aryl methyl sites for hydroxylation is 1. The van der Waals surface area contributed by atoms with Crippen LogP contribution in [-0.4, -0.2) is 33.2 Å². The average molecular weight is 227 g/mol. The molecule has 0 bridgehead atoms. The van der Waals surface area contributed by atoms with Crippen LogP contribution in [0.25, 0.3) is 0 Å². The van der Waals surface area contributed by atoms with Gasteiger partial charge in [-0.15, -0.1) is 0 Å². The summed E-state index contributed by atoms with van der Waals surface area (Å²) in [6.07, 6.45) is 0.366. The zero-order chi connectivity index (χ0) is 12.1. The molecule has 88 valence electrons. The lowest BCUT2D eigenvalue weighted by Crippen LogP contribution is -2.33. The lowest BCUT2D eigenvalue weighted by Gasteiger charge is -2.10. The van der Waals surface area contributed by atoms with Crippen LogP contribution >= 0.6 is 0 Å². The smallest absolute Gasteiger partial charge is 0.303 e. The third-order valence-electron chi connectivity index (χ3n) is 1.90. The van der Waals surface area contributed by atoms with Gasteiger partial charge in [-0.2, -0.15) is 4.98 Å². The molecule has 1 unspecified atom stereocenters. The first-order valence-electron chi connectivity index (χ1n) is 4.82. The van der Waals surface area contributed by atoms with Crippen LogP contribution in [0.1, 0.15) is 36.3 Å². The normalized spacial score (nSPS) is 12.1. The summed E-state index contributed by atoms with van der Waals surface area (Å²) in [7, 11) is 0. The van der Waals surface area contributed by atoms with E-state index >= 15 is 0 Å². The van der Waals surface area contributed by atoms with E-state index in [0.29, 0.717) is 12.3 Å². The van der Waals surface area contributed by atoms with E-state index in [1.807, 2.05) is 0 Å². The topological polar surface area (TPSA) is 105 Å². The van der Waals surface area contributed by atoms with E-state index < -0.39 is 11.9 Å². The Bertz CT molecular complexity index is 388. The number of carboxylic acid groups (broad SMARTS) is 1. The van der Waals surface area contributed by atoms with Gasteiger partial charge in [0, 0.05) is 19.4 Å². The van der Waals surface area contributed by atoms with Gasteiger partial charge < -0.3 is 14.9 Å². The van der Waals surface area contributed by atoms with Gasteiger partial charge in [0.1, 0.15) is 0 Å². The van der Waals surface area contributed by atoms with Crippen LogP contribution in [0.5, 0.6) is 0 Å². The van der Waals surface area contributed by atoms with Crippen molar-refractivity contribution < 1.29 is 19.2 Å². The molecule has 0 aliphatic carbocycles. The molecule has 0 aliphatic rings. The maximum atomic E-state index is 11.5. The fourth-order valence-corrected chi connectivity index (χ4v) is 1.09. The number of amides is 1. The lowest BCUT2D eigenvalue weighted by atomic mass is 10.2. The van der Waals surface area contributed by atoms with E-state index in [1.165, 1.54) is 0 Å². The molecule has 0 aromatic carbocycles. The van der Waals surface area contributed by atoms with Crippen LogP contribution in [0.4, 0.5) is 0 Å². The SMILES string of the molecule is Cc1nc(C(=O)NC(C)CCC(=O)O)no1. The van der Waals surface area contributed by atoms with Gasteiger partial charge in [0.05, 0.1) is 0 Å². The van der Waals surface area contributed by atoms with Gasteiger partial charge in [-0.25, -0.2) is 0 Å².